The van der Waals surface area contributed by atoms with E-state index in [2.05, 4.69) is 180 Å². The van der Waals surface area contributed by atoms with Crippen LogP contribution in [0, 0.1) is 0 Å². The molecule has 2 heteroatoms. The molecule has 2 aliphatic rings. The van der Waals surface area contributed by atoms with Gasteiger partial charge in [-0.2, -0.15) is 0 Å². The number of hydrogen-bond acceptors (Lipinski definition) is 1. The summed E-state index contributed by atoms with van der Waals surface area (Å²) in [4.78, 5) is 2.43. The molecule has 0 saturated heterocycles. The highest BCUT2D eigenvalue weighted by Gasteiger charge is 2.47. The van der Waals surface area contributed by atoms with Gasteiger partial charge in [-0.25, -0.2) is 0 Å². The zero-order valence-electron chi connectivity index (χ0n) is 23.7. The van der Waals surface area contributed by atoms with Crippen LogP contribution in [0.2, 0.25) is 0 Å². The highest BCUT2D eigenvalue weighted by Crippen LogP contribution is 2.58. The van der Waals surface area contributed by atoms with E-state index in [9.17, 15) is 0 Å². The van der Waals surface area contributed by atoms with E-state index in [1.165, 1.54) is 61.6 Å². The average molecular weight is 605 g/mol. The van der Waals surface area contributed by atoms with Crippen molar-refractivity contribution < 1.29 is 0 Å². The fourth-order valence-electron chi connectivity index (χ4n) is 7.52. The summed E-state index contributed by atoms with van der Waals surface area (Å²) in [5, 5.41) is 0. The second kappa shape index (κ2) is 9.31. The Hall–Kier alpha value is -4.40. The lowest BCUT2D eigenvalue weighted by Crippen LogP contribution is -2.33. The Balaban J connectivity index is 1.46. The molecule has 1 heterocycles. The van der Waals surface area contributed by atoms with Crippen LogP contribution in [0.3, 0.4) is 0 Å². The van der Waals surface area contributed by atoms with Crippen LogP contribution in [-0.4, -0.2) is 0 Å². The molecule has 0 aromatic heterocycles. The van der Waals surface area contributed by atoms with E-state index in [-0.39, 0.29) is 5.41 Å². The van der Waals surface area contributed by atoms with E-state index in [1.807, 2.05) is 0 Å². The minimum atomic E-state index is -0.437. The molecule has 0 amide bonds. The van der Waals surface area contributed by atoms with Crippen molar-refractivity contribution in [2.75, 3.05) is 4.90 Å². The maximum atomic E-state index is 3.69. The molecule has 0 fully saturated rings. The molecule has 202 valence electrons. The highest BCUT2D eigenvalue weighted by atomic mass is 79.9. The van der Waals surface area contributed by atoms with Gasteiger partial charge in [-0.15, -0.1) is 0 Å². The standard InChI is InChI=1S/C40H30BrN/c1-39(2)35-18-10-11-19-37(35)42(30-12-4-3-5-13-30)38-25-22-28(26-36(38)39)40(27-20-23-29(41)24-21-27)33-16-8-6-14-31(33)32-15-7-9-17-34(32)40/h3-26H,1-2H3. The lowest BCUT2D eigenvalue weighted by molar-refractivity contribution is 0.627. The van der Waals surface area contributed by atoms with Crippen molar-refractivity contribution in [3.63, 3.8) is 0 Å². The first-order valence-corrected chi connectivity index (χ1v) is 15.4. The molecular weight excluding hydrogens is 574 g/mol. The predicted molar refractivity (Wildman–Crippen MR) is 178 cm³/mol. The first kappa shape index (κ1) is 25.3. The number of para-hydroxylation sites is 2. The van der Waals surface area contributed by atoms with Gasteiger partial charge in [0, 0.05) is 15.6 Å². The lowest BCUT2D eigenvalue weighted by Gasteiger charge is -2.43. The van der Waals surface area contributed by atoms with Crippen LogP contribution in [-0.2, 0) is 10.8 Å². The fraction of sp³-hybridized carbons (Fsp3) is 0.100. The van der Waals surface area contributed by atoms with Crippen LogP contribution in [0.5, 0.6) is 0 Å². The third-order valence-corrected chi connectivity index (χ3v) is 9.93. The van der Waals surface area contributed by atoms with Gasteiger partial charge < -0.3 is 4.90 Å². The lowest BCUT2D eigenvalue weighted by atomic mass is 9.65. The van der Waals surface area contributed by atoms with Crippen molar-refractivity contribution in [3.8, 4) is 11.1 Å². The molecule has 0 spiro atoms. The Kier molecular flexibility index (Phi) is 5.61. The minimum Gasteiger partial charge on any atom is -0.310 e. The van der Waals surface area contributed by atoms with Gasteiger partial charge >= 0.3 is 0 Å². The zero-order chi connectivity index (χ0) is 28.5. The van der Waals surface area contributed by atoms with Gasteiger partial charge in [-0.1, -0.05) is 139 Å². The molecule has 0 saturated carbocycles. The topological polar surface area (TPSA) is 3.24 Å². The van der Waals surface area contributed by atoms with Gasteiger partial charge in [0.25, 0.3) is 0 Å². The molecule has 6 aromatic rings. The number of hydrogen-bond donors (Lipinski definition) is 0. The molecular formula is C40H30BrN. The van der Waals surface area contributed by atoms with Crippen molar-refractivity contribution >= 4 is 33.0 Å². The summed E-state index contributed by atoms with van der Waals surface area (Å²) in [6, 6.07) is 53.7. The summed E-state index contributed by atoms with van der Waals surface area (Å²) >= 11 is 3.69. The number of halogens is 1. The number of anilines is 3. The van der Waals surface area contributed by atoms with E-state index >= 15 is 0 Å². The van der Waals surface area contributed by atoms with Crippen LogP contribution in [0.25, 0.3) is 11.1 Å². The molecule has 1 nitrogen and oxygen atoms in total. The summed E-state index contributed by atoms with van der Waals surface area (Å²) in [5.74, 6) is 0. The van der Waals surface area contributed by atoms with Crippen molar-refractivity contribution in [2.24, 2.45) is 0 Å². The number of rotatable bonds is 3. The zero-order valence-corrected chi connectivity index (χ0v) is 25.3. The van der Waals surface area contributed by atoms with Crippen molar-refractivity contribution in [2.45, 2.75) is 24.7 Å². The highest BCUT2D eigenvalue weighted by molar-refractivity contribution is 9.10. The van der Waals surface area contributed by atoms with Gasteiger partial charge in [0.15, 0.2) is 0 Å². The first-order chi connectivity index (χ1) is 20.5. The van der Waals surface area contributed by atoms with E-state index < -0.39 is 5.41 Å². The van der Waals surface area contributed by atoms with Gasteiger partial charge in [0.05, 0.1) is 16.8 Å². The van der Waals surface area contributed by atoms with Gasteiger partial charge in [-0.05, 0) is 80.9 Å². The van der Waals surface area contributed by atoms with Gasteiger partial charge in [0.2, 0.25) is 0 Å². The number of benzene rings is 6. The minimum absolute atomic E-state index is 0.189. The summed E-state index contributed by atoms with van der Waals surface area (Å²) in [5.41, 5.74) is 13.6. The van der Waals surface area contributed by atoms with E-state index in [4.69, 9.17) is 0 Å². The van der Waals surface area contributed by atoms with Gasteiger partial charge in [-0.3, -0.25) is 0 Å². The Morgan fingerprint density at radius 1 is 0.476 bits per heavy atom. The Morgan fingerprint density at radius 2 is 1.00 bits per heavy atom. The average Bonchev–Trinajstić information content (AvgIpc) is 3.33. The summed E-state index contributed by atoms with van der Waals surface area (Å²) in [6.07, 6.45) is 0. The third-order valence-electron chi connectivity index (χ3n) is 9.41. The van der Waals surface area contributed by atoms with E-state index in [1.54, 1.807) is 0 Å². The quantitative estimate of drug-likeness (QED) is 0.194. The van der Waals surface area contributed by atoms with E-state index in [0.717, 1.165) is 4.47 Å². The molecule has 1 aliphatic heterocycles. The van der Waals surface area contributed by atoms with Crippen LogP contribution in [0.1, 0.15) is 47.2 Å². The van der Waals surface area contributed by atoms with Crippen LogP contribution in [0.15, 0.2) is 150 Å². The first-order valence-electron chi connectivity index (χ1n) is 14.6. The monoisotopic (exact) mass is 603 g/mol. The summed E-state index contributed by atoms with van der Waals surface area (Å²) < 4.78 is 1.09. The van der Waals surface area contributed by atoms with E-state index in [0.29, 0.717) is 0 Å². The second-order valence-corrected chi connectivity index (χ2v) is 12.8. The normalized spacial score (nSPS) is 15.4. The second-order valence-electron chi connectivity index (χ2n) is 11.9. The predicted octanol–water partition coefficient (Wildman–Crippen LogP) is 10.9. The SMILES string of the molecule is CC1(C)c2ccccc2N(c2ccccc2)c2ccc(C3(c4ccc(Br)cc4)c4ccccc4-c4ccccc43)cc21. The third kappa shape index (κ3) is 3.42. The Morgan fingerprint density at radius 3 is 1.67 bits per heavy atom. The Bertz CT molecular complexity index is 1920. The maximum absolute atomic E-state index is 3.69. The molecule has 0 atom stereocenters. The molecule has 0 unspecified atom stereocenters. The molecule has 0 bridgehead atoms. The largest absolute Gasteiger partial charge is 0.310 e. The smallest absolute Gasteiger partial charge is 0.0713 e. The summed E-state index contributed by atoms with van der Waals surface area (Å²) in [6.45, 7) is 4.75. The number of fused-ring (bicyclic) bond motifs is 5. The van der Waals surface area contributed by atoms with Crippen LogP contribution in [0.4, 0.5) is 17.1 Å². The maximum Gasteiger partial charge on any atom is 0.0713 e. The van der Waals surface area contributed by atoms with Crippen LogP contribution >= 0.6 is 15.9 Å². The molecule has 42 heavy (non-hydrogen) atoms. The fourth-order valence-corrected chi connectivity index (χ4v) is 7.78. The van der Waals surface area contributed by atoms with Crippen molar-refractivity contribution in [3.05, 3.63) is 183 Å². The number of nitrogens with zero attached hydrogens (tertiary/aromatic N) is 1. The summed E-state index contributed by atoms with van der Waals surface area (Å²) in [7, 11) is 0. The van der Waals surface area contributed by atoms with Crippen LogP contribution < -0.4 is 4.90 Å². The molecule has 0 radical (unpaired) electrons. The molecule has 8 rings (SSSR count). The van der Waals surface area contributed by atoms with Crippen molar-refractivity contribution in [1.82, 2.24) is 0 Å². The molecule has 1 aliphatic carbocycles. The molecule has 6 aromatic carbocycles. The molecule has 0 N–H and O–H groups in total. The Labute approximate surface area is 256 Å². The van der Waals surface area contributed by atoms with Gasteiger partial charge in [0.1, 0.15) is 0 Å². The van der Waals surface area contributed by atoms with Crippen molar-refractivity contribution in [1.29, 1.82) is 0 Å².